The molecular weight excluding hydrogens is 463 g/mol. The average molecular weight is 491 g/mol. The van der Waals surface area contributed by atoms with Gasteiger partial charge in [0.2, 0.25) is 0 Å². The maximum atomic E-state index is 13.6. The van der Waals surface area contributed by atoms with E-state index < -0.39 is 11.7 Å². The van der Waals surface area contributed by atoms with E-state index >= 15 is 0 Å². The molecule has 1 saturated heterocycles. The van der Waals surface area contributed by atoms with Gasteiger partial charge in [-0.05, 0) is 61.9 Å². The molecule has 0 N–H and O–H groups in total. The van der Waals surface area contributed by atoms with Gasteiger partial charge in [0, 0.05) is 26.2 Å². The van der Waals surface area contributed by atoms with Crippen molar-refractivity contribution >= 4 is 28.9 Å². The molecule has 3 aromatic rings. The predicted octanol–water partition coefficient (Wildman–Crippen LogP) is 2.32. The topological polar surface area (TPSA) is 69.3 Å². The number of carbonyl (C=O) groups is 1. The number of benzene rings is 2. The molecule has 180 valence electrons. The second kappa shape index (κ2) is 10.4. The van der Waals surface area contributed by atoms with Crippen molar-refractivity contribution in [1.29, 1.82) is 5.26 Å². The number of piperazine rings is 1. The number of hydrogen-bond acceptors (Lipinski definition) is 5. The Balaban J connectivity index is 1.94. The van der Waals surface area contributed by atoms with Crippen LogP contribution in [-0.2, 0) is 4.79 Å². The second-order valence-corrected chi connectivity index (χ2v) is 9.64. The molecule has 0 bridgehead atoms. The average Bonchev–Trinajstić information content (AvgIpc) is 3.17. The summed E-state index contributed by atoms with van der Waals surface area (Å²) in [6.07, 6.45) is 1.79. The smallest absolute Gasteiger partial charge is 0.273 e. The number of hydrogen-bond donors (Lipinski definition) is 0. The number of thiazole rings is 1. The first-order valence-electron chi connectivity index (χ1n) is 11.5. The van der Waals surface area contributed by atoms with Gasteiger partial charge in [-0.1, -0.05) is 30.7 Å². The van der Waals surface area contributed by atoms with Crippen LogP contribution in [0.3, 0.4) is 0 Å². The summed E-state index contributed by atoms with van der Waals surface area (Å²) in [6, 6.07) is 13.5. The van der Waals surface area contributed by atoms with Gasteiger partial charge in [0.05, 0.1) is 10.2 Å². The van der Waals surface area contributed by atoms with Gasteiger partial charge in [-0.2, -0.15) is 5.26 Å². The highest BCUT2D eigenvalue weighted by Crippen LogP contribution is 2.12. The molecule has 6 nitrogen and oxygen atoms in total. The molecule has 2 heterocycles. The highest BCUT2D eigenvalue weighted by molar-refractivity contribution is 7.07. The monoisotopic (exact) mass is 490 g/mol. The molecule has 0 unspecified atom stereocenters. The van der Waals surface area contributed by atoms with Gasteiger partial charge in [0.25, 0.3) is 11.5 Å². The highest BCUT2D eigenvalue weighted by atomic mass is 32.1. The van der Waals surface area contributed by atoms with Crippen molar-refractivity contribution in [1.82, 2.24) is 14.4 Å². The Hall–Kier alpha value is -3.54. The van der Waals surface area contributed by atoms with Crippen molar-refractivity contribution in [3.63, 3.8) is 0 Å². The third-order valence-electron chi connectivity index (χ3n) is 6.28. The van der Waals surface area contributed by atoms with E-state index in [0.29, 0.717) is 23.3 Å². The van der Waals surface area contributed by atoms with Crippen LogP contribution in [0.1, 0.15) is 23.6 Å². The van der Waals surface area contributed by atoms with Crippen LogP contribution < -0.4 is 14.8 Å². The molecule has 1 aliphatic heterocycles. The number of rotatable bonds is 4. The van der Waals surface area contributed by atoms with Crippen molar-refractivity contribution in [2.45, 2.75) is 20.8 Å². The van der Waals surface area contributed by atoms with Gasteiger partial charge in [0.1, 0.15) is 16.5 Å². The van der Waals surface area contributed by atoms with Crippen molar-refractivity contribution in [2.75, 3.05) is 32.7 Å². The first-order valence-corrected chi connectivity index (χ1v) is 12.4. The Kier molecular flexibility index (Phi) is 7.29. The Morgan fingerprint density at radius 2 is 1.80 bits per heavy atom. The normalized spacial score (nSPS) is 15.7. The van der Waals surface area contributed by atoms with Gasteiger partial charge in [-0.3, -0.25) is 14.2 Å². The zero-order valence-corrected chi connectivity index (χ0v) is 20.9. The fourth-order valence-corrected chi connectivity index (χ4v) is 5.23. The van der Waals surface area contributed by atoms with Gasteiger partial charge < -0.3 is 9.80 Å². The van der Waals surface area contributed by atoms with E-state index in [2.05, 4.69) is 17.9 Å². The number of likely N-dealkylation sites (N-methyl/N-ethyl adjacent to an activating group) is 1. The largest absolute Gasteiger partial charge is 0.335 e. The zero-order chi connectivity index (χ0) is 25.1. The molecule has 4 rings (SSSR count). The van der Waals surface area contributed by atoms with Gasteiger partial charge in [0.15, 0.2) is 5.57 Å². The Morgan fingerprint density at radius 1 is 1.11 bits per heavy atom. The molecule has 1 aromatic heterocycles. The van der Waals surface area contributed by atoms with Crippen LogP contribution in [0.5, 0.6) is 0 Å². The van der Waals surface area contributed by atoms with Crippen molar-refractivity contribution in [3.8, 4) is 11.8 Å². The minimum Gasteiger partial charge on any atom is -0.335 e. The van der Waals surface area contributed by atoms with Crippen LogP contribution in [0, 0.1) is 31.0 Å². The van der Waals surface area contributed by atoms with Gasteiger partial charge >= 0.3 is 0 Å². The maximum absolute atomic E-state index is 13.6. The molecule has 1 aliphatic rings. The summed E-state index contributed by atoms with van der Waals surface area (Å²) in [5, 5.41) is 10.0. The van der Waals surface area contributed by atoms with E-state index in [1.807, 2.05) is 32.0 Å². The van der Waals surface area contributed by atoms with Crippen LogP contribution in [0.15, 0.2) is 47.3 Å². The standard InChI is InChI=1S/C27H27FN4O2S/c1-4-30-11-13-31(14-12-30)25(33)23(17-29)27-32(22-9-7-21(28)8-10-22)26(34)24(35-27)16-20-15-18(2)5-6-19(20)3/h5-10,15-16H,4,11-14H2,1-3H3/b24-16-,27-23-. The minimum atomic E-state index is -0.435. The van der Waals surface area contributed by atoms with E-state index in [1.165, 1.54) is 28.8 Å². The Morgan fingerprint density at radius 3 is 2.43 bits per heavy atom. The van der Waals surface area contributed by atoms with E-state index in [4.69, 9.17) is 0 Å². The maximum Gasteiger partial charge on any atom is 0.273 e. The SMILES string of the molecule is CCN1CCN(C(=O)/C(C#N)=c2\s/c(=C\c3cc(C)ccc3C)c(=O)n2-c2ccc(F)cc2)CC1. The summed E-state index contributed by atoms with van der Waals surface area (Å²) < 4.78 is 15.6. The number of halogens is 1. The van der Waals surface area contributed by atoms with Crippen LogP contribution in [0.25, 0.3) is 17.3 Å². The fourth-order valence-electron chi connectivity index (χ4n) is 4.14. The molecule has 8 heteroatoms. The number of carbonyl (C=O) groups excluding carboxylic acids is 1. The number of nitrogens with zero attached hydrogens (tertiary/aromatic N) is 4. The van der Waals surface area contributed by atoms with E-state index in [-0.39, 0.29) is 15.8 Å². The lowest BCUT2D eigenvalue weighted by Gasteiger charge is -2.33. The molecule has 1 amide bonds. The number of aromatic nitrogens is 1. The third-order valence-corrected chi connectivity index (χ3v) is 7.37. The summed E-state index contributed by atoms with van der Waals surface area (Å²) >= 11 is 1.11. The van der Waals surface area contributed by atoms with E-state index in [9.17, 15) is 19.2 Å². The van der Waals surface area contributed by atoms with Gasteiger partial charge in [-0.25, -0.2) is 4.39 Å². The van der Waals surface area contributed by atoms with Crippen LogP contribution in [0.2, 0.25) is 0 Å². The summed E-state index contributed by atoms with van der Waals surface area (Å²) in [7, 11) is 0. The summed E-state index contributed by atoms with van der Waals surface area (Å²) in [6.45, 7) is 9.44. The van der Waals surface area contributed by atoms with Crippen LogP contribution in [0.4, 0.5) is 4.39 Å². The minimum absolute atomic E-state index is 0.0815. The van der Waals surface area contributed by atoms with E-state index in [0.717, 1.165) is 47.7 Å². The summed E-state index contributed by atoms with van der Waals surface area (Å²) in [4.78, 5) is 30.9. The Labute approximate surface area is 207 Å². The van der Waals surface area contributed by atoms with E-state index in [1.54, 1.807) is 11.0 Å². The molecule has 1 fully saturated rings. The summed E-state index contributed by atoms with van der Waals surface area (Å²) in [5.74, 6) is -0.825. The fraction of sp³-hybridized carbons (Fsp3) is 0.296. The number of nitriles is 1. The van der Waals surface area contributed by atoms with Crippen LogP contribution in [-0.4, -0.2) is 53.0 Å². The molecule has 0 aliphatic carbocycles. The molecule has 35 heavy (non-hydrogen) atoms. The predicted molar refractivity (Wildman–Crippen MR) is 136 cm³/mol. The van der Waals surface area contributed by atoms with Crippen LogP contribution >= 0.6 is 11.3 Å². The lowest BCUT2D eigenvalue weighted by molar-refractivity contribution is -0.126. The first-order chi connectivity index (χ1) is 16.8. The lowest BCUT2D eigenvalue weighted by Crippen LogP contribution is -2.49. The molecular formula is C27H27FN4O2S. The second-order valence-electron chi connectivity index (χ2n) is 8.61. The lowest BCUT2D eigenvalue weighted by atomic mass is 10.1. The molecule has 0 saturated carbocycles. The van der Waals surface area contributed by atoms with Crippen molar-refractivity contribution in [2.24, 2.45) is 0 Å². The number of amides is 1. The summed E-state index contributed by atoms with van der Waals surface area (Å²) in [5.41, 5.74) is 2.92. The van der Waals surface area contributed by atoms with Crippen molar-refractivity contribution in [3.05, 3.63) is 84.5 Å². The van der Waals surface area contributed by atoms with Gasteiger partial charge in [-0.15, -0.1) is 11.3 Å². The highest BCUT2D eigenvalue weighted by Gasteiger charge is 2.25. The number of aryl methyl sites for hydroxylation is 2. The Bertz CT molecular complexity index is 1470. The zero-order valence-electron chi connectivity index (χ0n) is 20.0. The van der Waals surface area contributed by atoms with Crippen molar-refractivity contribution < 1.29 is 9.18 Å². The molecule has 0 atom stereocenters. The molecule has 2 aromatic carbocycles. The quantitative estimate of drug-likeness (QED) is 0.563. The molecule has 0 radical (unpaired) electrons. The first kappa shape index (κ1) is 24.6. The third kappa shape index (κ3) is 5.11. The molecule has 0 spiro atoms.